The maximum atomic E-state index is 11.9. The summed E-state index contributed by atoms with van der Waals surface area (Å²) in [5.41, 5.74) is 6.80. The minimum Gasteiger partial charge on any atom is -0.397 e. The lowest BCUT2D eigenvalue weighted by Crippen LogP contribution is -2.29. The Hall–Kier alpha value is -1.56. The smallest absolute Gasteiger partial charge is 0.238 e. The second-order valence-electron chi connectivity index (χ2n) is 4.54. The van der Waals surface area contributed by atoms with Crippen molar-refractivity contribution in [1.82, 2.24) is 4.90 Å². The quantitative estimate of drug-likeness (QED) is 0.835. The number of anilines is 2. The standard InChI is InChI=1S/C14H16ClN3OS/c1-18(8-11-3-2-6-20-11)9-14(19)17-10-4-5-12(15)13(16)7-10/h2-7H,8-9,16H2,1H3,(H,17,19). The van der Waals surface area contributed by atoms with E-state index in [-0.39, 0.29) is 5.91 Å². The molecule has 1 heterocycles. The van der Waals surface area contributed by atoms with Gasteiger partial charge in [-0.2, -0.15) is 0 Å². The number of likely N-dealkylation sites (N-methyl/N-ethyl adjacent to an activating group) is 1. The van der Waals surface area contributed by atoms with Crippen LogP contribution in [0.3, 0.4) is 0 Å². The molecule has 0 aliphatic heterocycles. The van der Waals surface area contributed by atoms with Crippen molar-refractivity contribution in [3.63, 3.8) is 0 Å². The minimum absolute atomic E-state index is 0.0780. The summed E-state index contributed by atoms with van der Waals surface area (Å²) in [4.78, 5) is 15.1. The predicted molar refractivity (Wildman–Crippen MR) is 85.1 cm³/mol. The lowest BCUT2D eigenvalue weighted by Gasteiger charge is -2.15. The SMILES string of the molecule is CN(CC(=O)Nc1ccc(Cl)c(N)c1)Cc1cccs1. The average molecular weight is 310 g/mol. The highest BCUT2D eigenvalue weighted by atomic mass is 35.5. The van der Waals surface area contributed by atoms with Crippen LogP contribution in [-0.4, -0.2) is 24.4 Å². The van der Waals surface area contributed by atoms with Gasteiger partial charge in [0, 0.05) is 17.1 Å². The Morgan fingerprint density at radius 1 is 1.45 bits per heavy atom. The molecule has 0 unspecified atom stereocenters. The summed E-state index contributed by atoms with van der Waals surface area (Å²) in [6.07, 6.45) is 0. The van der Waals surface area contributed by atoms with Crippen LogP contribution in [0.5, 0.6) is 0 Å². The van der Waals surface area contributed by atoms with Crippen LogP contribution in [0.4, 0.5) is 11.4 Å². The molecule has 0 spiro atoms. The number of carbonyl (C=O) groups is 1. The van der Waals surface area contributed by atoms with Crippen molar-refractivity contribution in [2.45, 2.75) is 6.54 Å². The van der Waals surface area contributed by atoms with E-state index in [1.54, 1.807) is 29.5 Å². The number of halogens is 1. The molecule has 0 bridgehead atoms. The molecule has 1 aromatic carbocycles. The van der Waals surface area contributed by atoms with E-state index >= 15 is 0 Å². The fourth-order valence-electron chi connectivity index (χ4n) is 1.79. The van der Waals surface area contributed by atoms with Crippen molar-refractivity contribution in [3.05, 3.63) is 45.6 Å². The molecule has 0 aliphatic rings. The summed E-state index contributed by atoms with van der Waals surface area (Å²) in [7, 11) is 1.91. The van der Waals surface area contributed by atoms with Crippen LogP contribution in [0.2, 0.25) is 5.02 Å². The third-order valence-corrected chi connectivity index (χ3v) is 3.90. The first-order chi connectivity index (χ1) is 9.54. The summed E-state index contributed by atoms with van der Waals surface area (Å²) >= 11 is 7.52. The van der Waals surface area contributed by atoms with Crippen molar-refractivity contribution in [2.24, 2.45) is 0 Å². The number of nitrogens with zero attached hydrogens (tertiary/aromatic N) is 1. The Morgan fingerprint density at radius 3 is 2.90 bits per heavy atom. The lowest BCUT2D eigenvalue weighted by atomic mass is 10.3. The van der Waals surface area contributed by atoms with E-state index in [1.807, 2.05) is 23.4 Å². The van der Waals surface area contributed by atoms with Crippen LogP contribution >= 0.6 is 22.9 Å². The zero-order chi connectivity index (χ0) is 14.5. The highest BCUT2D eigenvalue weighted by Gasteiger charge is 2.08. The first-order valence-corrected chi connectivity index (χ1v) is 7.36. The highest BCUT2D eigenvalue weighted by Crippen LogP contribution is 2.22. The van der Waals surface area contributed by atoms with Crippen LogP contribution in [-0.2, 0) is 11.3 Å². The Labute approximate surface area is 127 Å². The molecule has 6 heteroatoms. The van der Waals surface area contributed by atoms with Crippen LogP contribution in [0.25, 0.3) is 0 Å². The Bertz CT molecular complexity index is 586. The molecule has 0 radical (unpaired) electrons. The van der Waals surface area contributed by atoms with E-state index in [0.29, 0.717) is 22.9 Å². The fraction of sp³-hybridized carbons (Fsp3) is 0.214. The molecule has 106 valence electrons. The van der Waals surface area contributed by atoms with Gasteiger partial charge < -0.3 is 11.1 Å². The Balaban J connectivity index is 1.87. The molecule has 0 saturated heterocycles. The second kappa shape index (κ2) is 6.74. The number of nitrogen functional groups attached to an aromatic ring is 1. The topological polar surface area (TPSA) is 58.4 Å². The number of carbonyl (C=O) groups excluding carboxylic acids is 1. The van der Waals surface area contributed by atoms with Gasteiger partial charge in [0.05, 0.1) is 17.3 Å². The largest absolute Gasteiger partial charge is 0.397 e. The van der Waals surface area contributed by atoms with Gasteiger partial charge in [0.1, 0.15) is 0 Å². The van der Waals surface area contributed by atoms with Gasteiger partial charge in [-0.05, 0) is 36.7 Å². The number of nitrogens with one attached hydrogen (secondary N) is 1. The summed E-state index contributed by atoms with van der Waals surface area (Å²) in [5, 5.41) is 5.32. The van der Waals surface area contributed by atoms with Gasteiger partial charge in [0.2, 0.25) is 5.91 Å². The zero-order valence-corrected chi connectivity index (χ0v) is 12.7. The van der Waals surface area contributed by atoms with Crippen molar-refractivity contribution in [3.8, 4) is 0 Å². The molecule has 1 amide bonds. The van der Waals surface area contributed by atoms with Crippen molar-refractivity contribution in [2.75, 3.05) is 24.6 Å². The number of thiophene rings is 1. The molecular weight excluding hydrogens is 294 g/mol. The van der Waals surface area contributed by atoms with E-state index in [2.05, 4.69) is 11.4 Å². The molecule has 0 saturated carbocycles. The molecule has 3 N–H and O–H groups in total. The maximum Gasteiger partial charge on any atom is 0.238 e. The molecular formula is C14H16ClN3OS. The van der Waals surface area contributed by atoms with Crippen molar-refractivity contribution in [1.29, 1.82) is 0 Å². The third-order valence-electron chi connectivity index (χ3n) is 2.70. The minimum atomic E-state index is -0.0780. The number of rotatable bonds is 5. The lowest BCUT2D eigenvalue weighted by molar-refractivity contribution is -0.117. The number of amides is 1. The summed E-state index contributed by atoms with van der Waals surface area (Å²) in [5.74, 6) is -0.0780. The number of hydrogen-bond donors (Lipinski definition) is 2. The Kier molecular flexibility index (Phi) is 5.00. The van der Waals surface area contributed by atoms with Gasteiger partial charge in [-0.15, -0.1) is 11.3 Å². The van der Waals surface area contributed by atoms with Crippen molar-refractivity contribution < 1.29 is 4.79 Å². The first kappa shape index (κ1) is 14.8. The first-order valence-electron chi connectivity index (χ1n) is 6.10. The normalized spacial score (nSPS) is 10.8. The molecule has 1 aromatic heterocycles. The van der Waals surface area contributed by atoms with E-state index in [9.17, 15) is 4.79 Å². The van der Waals surface area contributed by atoms with Gasteiger partial charge in [-0.25, -0.2) is 0 Å². The monoisotopic (exact) mass is 309 g/mol. The van der Waals surface area contributed by atoms with Gasteiger partial charge in [0.25, 0.3) is 0 Å². The van der Waals surface area contributed by atoms with Crippen LogP contribution in [0, 0.1) is 0 Å². The van der Waals surface area contributed by atoms with Crippen LogP contribution in [0.1, 0.15) is 4.88 Å². The summed E-state index contributed by atoms with van der Waals surface area (Å²) in [6.45, 7) is 1.08. The van der Waals surface area contributed by atoms with Crippen LogP contribution in [0.15, 0.2) is 35.7 Å². The second-order valence-corrected chi connectivity index (χ2v) is 5.98. The molecule has 0 aliphatic carbocycles. The van der Waals surface area contributed by atoms with E-state index in [1.165, 1.54) is 4.88 Å². The van der Waals surface area contributed by atoms with Gasteiger partial charge in [-0.3, -0.25) is 9.69 Å². The average Bonchev–Trinajstić information content (AvgIpc) is 2.86. The maximum absolute atomic E-state index is 11.9. The zero-order valence-electron chi connectivity index (χ0n) is 11.1. The summed E-state index contributed by atoms with van der Waals surface area (Å²) < 4.78 is 0. The Morgan fingerprint density at radius 2 is 2.25 bits per heavy atom. The van der Waals surface area contributed by atoms with Crippen molar-refractivity contribution >= 4 is 40.2 Å². The number of benzene rings is 1. The predicted octanol–water partition coefficient (Wildman–Crippen LogP) is 3.05. The molecule has 0 fully saturated rings. The molecule has 20 heavy (non-hydrogen) atoms. The van der Waals surface area contributed by atoms with E-state index < -0.39 is 0 Å². The van der Waals surface area contributed by atoms with Crippen LogP contribution < -0.4 is 11.1 Å². The summed E-state index contributed by atoms with van der Waals surface area (Å²) in [6, 6.07) is 9.11. The third kappa shape index (κ3) is 4.23. The van der Waals surface area contributed by atoms with E-state index in [0.717, 1.165) is 6.54 Å². The molecule has 4 nitrogen and oxygen atoms in total. The fourth-order valence-corrected chi connectivity index (χ4v) is 2.69. The van der Waals surface area contributed by atoms with Gasteiger partial charge in [-0.1, -0.05) is 17.7 Å². The molecule has 2 aromatic rings. The highest BCUT2D eigenvalue weighted by molar-refractivity contribution is 7.09. The molecule has 2 rings (SSSR count). The van der Waals surface area contributed by atoms with E-state index in [4.69, 9.17) is 17.3 Å². The van der Waals surface area contributed by atoms with Gasteiger partial charge in [0.15, 0.2) is 0 Å². The number of hydrogen-bond acceptors (Lipinski definition) is 4. The molecule has 0 atom stereocenters. The van der Waals surface area contributed by atoms with Gasteiger partial charge >= 0.3 is 0 Å². The number of nitrogens with two attached hydrogens (primary N) is 1.